The molecule has 0 fully saturated rings. The van der Waals surface area contributed by atoms with Crippen LogP contribution in [-0.4, -0.2) is 30.2 Å². The summed E-state index contributed by atoms with van der Waals surface area (Å²) in [4.78, 5) is 17.0. The van der Waals surface area contributed by atoms with Gasteiger partial charge in [0.15, 0.2) is 5.69 Å². The summed E-state index contributed by atoms with van der Waals surface area (Å²) in [6, 6.07) is 10.9. The summed E-state index contributed by atoms with van der Waals surface area (Å²) in [5.41, 5.74) is 7.90. The number of carbonyl (C=O) groups is 1. The predicted molar refractivity (Wildman–Crippen MR) is 75.4 cm³/mol. The van der Waals surface area contributed by atoms with Crippen molar-refractivity contribution in [3.8, 4) is 11.1 Å². The minimum atomic E-state index is -1.08. The average Bonchev–Trinajstić information content (AvgIpc) is 2.38. The Hall–Kier alpha value is -2.56. The number of carboxylic acid groups (broad SMARTS) is 1. The van der Waals surface area contributed by atoms with Crippen molar-refractivity contribution in [2.75, 3.05) is 24.7 Å². The van der Waals surface area contributed by atoms with Gasteiger partial charge < -0.3 is 15.7 Å². The number of anilines is 2. The molecule has 0 aliphatic carbocycles. The zero-order valence-electron chi connectivity index (χ0n) is 10.8. The molecule has 5 heteroatoms. The fraction of sp³-hybridized carbons (Fsp3) is 0.143. The van der Waals surface area contributed by atoms with Gasteiger partial charge in [0.2, 0.25) is 0 Å². The molecule has 19 heavy (non-hydrogen) atoms. The molecule has 0 spiro atoms. The largest absolute Gasteiger partial charge is 0.476 e. The van der Waals surface area contributed by atoms with Crippen LogP contribution in [0.3, 0.4) is 0 Å². The van der Waals surface area contributed by atoms with Gasteiger partial charge in [0.05, 0.1) is 0 Å². The molecule has 0 amide bonds. The maximum atomic E-state index is 11.2. The summed E-state index contributed by atoms with van der Waals surface area (Å²) in [7, 11) is 3.89. The normalized spacial score (nSPS) is 10.2. The summed E-state index contributed by atoms with van der Waals surface area (Å²) in [5.74, 6) is -0.884. The number of nitrogens with zero attached hydrogens (tertiary/aromatic N) is 2. The fourth-order valence-corrected chi connectivity index (χ4v) is 1.81. The van der Waals surface area contributed by atoms with Crippen LogP contribution in [0.15, 0.2) is 36.4 Å². The standard InChI is InChI=1S/C14H15N3O2/c1-17(2)10-5-3-9(4-6-10)11-7-8-12(15)16-13(11)14(18)19/h3-8H,1-2H3,(H2,15,16)(H,18,19). The van der Waals surface area contributed by atoms with Gasteiger partial charge in [0, 0.05) is 25.3 Å². The van der Waals surface area contributed by atoms with Crippen LogP contribution in [0, 0.1) is 0 Å². The van der Waals surface area contributed by atoms with Crippen LogP contribution < -0.4 is 10.6 Å². The Morgan fingerprint density at radius 3 is 2.32 bits per heavy atom. The van der Waals surface area contributed by atoms with E-state index in [2.05, 4.69) is 4.98 Å². The van der Waals surface area contributed by atoms with Gasteiger partial charge in [0.25, 0.3) is 0 Å². The van der Waals surface area contributed by atoms with Crippen molar-refractivity contribution in [3.05, 3.63) is 42.1 Å². The Balaban J connectivity index is 2.49. The van der Waals surface area contributed by atoms with Gasteiger partial charge in [-0.25, -0.2) is 9.78 Å². The molecule has 0 saturated heterocycles. The van der Waals surface area contributed by atoms with Gasteiger partial charge in [0.1, 0.15) is 5.82 Å². The van der Waals surface area contributed by atoms with Crippen LogP contribution in [0.5, 0.6) is 0 Å². The Morgan fingerprint density at radius 1 is 1.16 bits per heavy atom. The molecule has 3 N–H and O–H groups in total. The molecule has 0 radical (unpaired) electrons. The van der Waals surface area contributed by atoms with Crippen molar-refractivity contribution in [3.63, 3.8) is 0 Å². The molecule has 0 atom stereocenters. The second-order valence-electron chi connectivity index (χ2n) is 4.38. The van der Waals surface area contributed by atoms with Crippen LogP contribution in [0.4, 0.5) is 11.5 Å². The monoisotopic (exact) mass is 257 g/mol. The lowest BCUT2D eigenvalue weighted by Crippen LogP contribution is -2.08. The minimum absolute atomic E-state index is 0.0300. The van der Waals surface area contributed by atoms with Crippen molar-refractivity contribution in [1.82, 2.24) is 4.98 Å². The number of hydrogen-bond acceptors (Lipinski definition) is 4. The fourth-order valence-electron chi connectivity index (χ4n) is 1.81. The second kappa shape index (κ2) is 4.97. The number of hydrogen-bond donors (Lipinski definition) is 2. The quantitative estimate of drug-likeness (QED) is 0.880. The molecule has 1 heterocycles. The highest BCUT2D eigenvalue weighted by Gasteiger charge is 2.14. The van der Waals surface area contributed by atoms with E-state index in [0.29, 0.717) is 5.56 Å². The lowest BCUT2D eigenvalue weighted by molar-refractivity contribution is 0.0691. The highest BCUT2D eigenvalue weighted by Crippen LogP contribution is 2.25. The Kier molecular flexibility index (Phi) is 3.37. The molecule has 0 aliphatic rings. The molecule has 0 saturated carbocycles. The van der Waals surface area contributed by atoms with Crippen LogP contribution >= 0.6 is 0 Å². The van der Waals surface area contributed by atoms with Crippen LogP contribution in [0.2, 0.25) is 0 Å². The zero-order chi connectivity index (χ0) is 14.0. The van der Waals surface area contributed by atoms with E-state index in [9.17, 15) is 4.79 Å². The number of carboxylic acids is 1. The second-order valence-corrected chi connectivity index (χ2v) is 4.38. The number of pyridine rings is 1. The van der Waals surface area contributed by atoms with Gasteiger partial charge >= 0.3 is 5.97 Å². The summed E-state index contributed by atoms with van der Waals surface area (Å²) < 4.78 is 0. The first-order chi connectivity index (χ1) is 8.99. The van der Waals surface area contributed by atoms with Crippen molar-refractivity contribution < 1.29 is 9.90 Å². The van der Waals surface area contributed by atoms with E-state index in [1.165, 1.54) is 0 Å². The third kappa shape index (κ3) is 2.65. The molecule has 0 aliphatic heterocycles. The smallest absolute Gasteiger partial charge is 0.355 e. The van der Waals surface area contributed by atoms with E-state index in [4.69, 9.17) is 10.8 Å². The maximum absolute atomic E-state index is 11.2. The van der Waals surface area contributed by atoms with E-state index in [1.54, 1.807) is 12.1 Å². The number of nitrogens with two attached hydrogens (primary N) is 1. The SMILES string of the molecule is CN(C)c1ccc(-c2ccc(N)nc2C(=O)O)cc1. The van der Waals surface area contributed by atoms with E-state index >= 15 is 0 Å². The maximum Gasteiger partial charge on any atom is 0.355 e. The highest BCUT2D eigenvalue weighted by atomic mass is 16.4. The predicted octanol–water partition coefficient (Wildman–Crippen LogP) is 2.09. The van der Waals surface area contributed by atoms with Crippen LogP contribution in [0.1, 0.15) is 10.5 Å². The van der Waals surface area contributed by atoms with Gasteiger partial charge in [-0.05, 0) is 29.8 Å². The van der Waals surface area contributed by atoms with Crippen molar-refractivity contribution in [2.45, 2.75) is 0 Å². The molecule has 98 valence electrons. The van der Waals surface area contributed by atoms with Gasteiger partial charge in [-0.3, -0.25) is 0 Å². The van der Waals surface area contributed by atoms with E-state index in [-0.39, 0.29) is 11.5 Å². The lowest BCUT2D eigenvalue weighted by atomic mass is 10.0. The topological polar surface area (TPSA) is 79.5 Å². The first-order valence-electron chi connectivity index (χ1n) is 5.76. The molecule has 2 aromatic rings. The summed E-state index contributed by atoms with van der Waals surface area (Å²) >= 11 is 0. The molecule has 1 aromatic carbocycles. The van der Waals surface area contributed by atoms with E-state index < -0.39 is 5.97 Å². The number of rotatable bonds is 3. The first-order valence-corrected chi connectivity index (χ1v) is 5.76. The van der Waals surface area contributed by atoms with Gasteiger partial charge in [-0.2, -0.15) is 0 Å². The van der Waals surface area contributed by atoms with Crippen LogP contribution in [-0.2, 0) is 0 Å². The molecule has 0 unspecified atom stereocenters. The Labute approximate surface area is 111 Å². The summed E-state index contributed by atoms with van der Waals surface area (Å²) in [6.45, 7) is 0. The average molecular weight is 257 g/mol. The third-order valence-electron chi connectivity index (χ3n) is 2.81. The number of benzene rings is 1. The highest BCUT2D eigenvalue weighted by molar-refractivity contribution is 5.94. The number of aromatic nitrogens is 1. The number of nitrogen functional groups attached to an aromatic ring is 1. The zero-order valence-corrected chi connectivity index (χ0v) is 10.8. The van der Waals surface area contributed by atoms with E-state index in [0.717, 1.165) is 11.3 Å². The molecule has 1 aromatic heterocycles. The third-order valence-corrected chi connectivity index (χ3v) is 2.81. The molecular weight excluding hydrogens is 242 g/mol. The lowest BCUT2D eigenvalue weighted by Gasteiger charge is -2.13. The van der Waals surface area contributed by atoms with Gasteiger partial charge in [-0.1, -0.05) is 12.1 Å². The Bertz CT molecular complexity index is 607. The molecule has 2 rings (SSSR count). The minimum Gasteiger partial charge on any atom is -0.476 e. The molecular formula is C14H15N3O2. The van der Waals surface area contributed by atoms with Crippen molar-refractivity contribution in [2.24, 2.45) is 0 Å². The summed E-state index contributed by atoms with van der Waals surface area (Å²) in [6.07, 6.45) is 0. The number of aromatic carboxylic acids is 1. The Morgan fingerprint density at radius 2 is 1.79 bits per heavy atom. The van der Waals surface area contributed by atoms with Gasteiger partial charge in [-0.15, -0.1) is 0 Å². The first kappa shape index (κ1) is 12.9. The molecule has 0 bridgehead atoms. The van der Waals surface area contributed by atoms with E-state index in [1.807, 2.05) is 43.3 Å². The van der Waals surface area contributed by atoms with Crippen molar-refractivity contribution in [1.29, 1.82) is 0 Å². The van der Waals surface area contributed by atoms with Crippen molar-refractivity contribution >= 4 is 17.5 Å². The van der Waals surface area contributed by atoms with Crippen LogP contribution in [0.25, 0.3) is 11.1 Å². The summed E-state index contributed by atoms with van der Waals surface area (Å²) in [5, 5.41) is 9.17. The molecule has 5 nitrogen and oxygen atoms in total.